The second-order valence-corrected chi connectivity index (χ2v) is 8.02. The standard InChI is InChI=1S/C11H9Br3N2OS/c1-4(2)8-7(13)11(17)16-10(15-8)6-3-5(12)9(14)18-6/h3-4H,1-2H3,(H,15,16,17). The van der Waals surface area contributed by atoms with E-state index >= 15 is 0 Å². The molecule has 1 N–H and O–H groups in total. The molecular formula is C11H9Br3N2OS. The Morgan fingerprint density at radius 1 is 1.33 bits per heavy atom. The summed E-state index contributed by atoms with van der Waals surface area (Å²) in [4.78, 5) is 20.1. The van der Waals surface area contributed by atoms with Gasteiger partial charge < -0.3 is 4.98 Å². The van der Waals surface area contributed by atoms with Gasteiger partial charge in [0.15, 0.2) is 5.82 Å². The molecule has 0 fully saturated rings. The van der Waals surface area contributed by atoms with Gasteiger partial charge in [0, 0.05) is 4.47 Å². The molecule has 18 heavy (non-hydrogen) atoms. The zero-order valence-corrected chi connectivity index (χ0v) is 15.1. The van der Waals surface area contributed by atoms with Gasteiger partial charge in [0.05, 0.1) is 14.4 Å². The number of nitrogens with one attached hydrogen (secondary N) is 1. The summed E-state index contributed by atoms with van der Waals surface area (Å²) >= 11 is 11.7. The summed E-state index contributed by atoms with van der Waals surface area (Å²) in [5.41, 5.74) is 0.624. The van der Waals surface area contributed by atoms with Crippen molar-refractivity contribution in [2.75, 3.05) is 0 Å². The minimum atomic E-state index is -0.149. The van der Waals surface area contributed by atoms with E-state index in [1.807, 2.05) is 19.9 Å². The summed E-state index contributed by atoms with van der Waals surface area (Å²) in [6, 6.07) is 1.94. The Labute approximate surface area is 133 Å². The molecule has 0 aromatic carbocycles. The van der Waals surface area contributed by atoms with Gasteiger partial charge in [-0.25, -0.2) is 4.98 Å². The van der Waals surface area contributed by atoms with Crippen LogP contribution in [0.25, 0.3) is 10.7 Å². The second-order valence-electron chi connectivity index (χ2n) is 4.00. The molecule has 2 rings (SSSR count). The molecule has 0 aliphatic carbocycles. The number of thiophene rings is 1. The zero-order valence-electron chi connectivity index (χ0n) is 9.55. The highest BCUT2D eigenvalue weighted by Crippen LogP contribution is 2.37. The Balaban J connectivity index is 2.62. The monoisotopic (exact) mass is 454 g/mol. The average Bonchev–Trinajstić information content (AvgIpc) is 2.62. The van der Waals surface area contributed by atoms with Crippen molar-refractivity contribution >= 4 is 59.1 Å². The second kappa shape index (κ2) is 5.56. The predicted octanol–water partition coefficient (Wildman–Crippen LogP) is 4.91. The van der Waals surface area contributed by atoms with Crippen molar-refractivity contribution in [2.24, 2.45) is 0 Å². The summed E-state index contributed by atoms with van der Waals surface area (Å²) in [5.74, 6) is 0.788. The maximum Gasteiger partial charge on any atom is 0.265 e. The number of rotatable bonds is 2. The molecule has 0 atom stereocenters. The van der Waals surface area contributed by atoms with Crippen LogP contribution in [0.1, 0.15) is 25.5 Å². The first-order valence-electron chi connectivity index (χ1n) is 5.15. The van der Waals surface area contributed by atoms with Crippen LogP contribution in [0, 0.1) is 0 Å². The van der Waals surface area contributed by atoms with E-state index in [-0.39, 0.29) is 11.5 Å². The van der Waals surface area contributed by atoms with E-state index < -0.39 is 0 Å². The van der Waals surface area contributed by atoms with E-state index in [4.69, 9.17) is 0 Å². The van der Waals surface area contributed by atoms with Crippen molar-refractivity contribution in [1.82, 2.24) is 9.97 Å². The highest BCUT2D eigenvalue weighted by atomic mass is 79.9. The van der Waals surface area contributed by atoms with E-state index in [1.54, 1.807) is 0 Å². The molecule has 0 radical (unpaired) electrons. The highest BCUT2D eigenvalue weighted by Gasteiger charge is 2.15. The Morgan fingerprint density at radius 2 is 2.00 bits per heavy atom. The van der Waals surface area contributed by atoms with E-state index in [0.29, 0.717) is 10.3 Å². The lowest BCUT2D eigenvalue weighted by molar-refractivity contribution is 0.804. The molecule has 2 aromatic rings. The topological polar surface area (TPSA) is 45.8 Å². The summed E-state index contributed by atoms with van der Waals surface area (Å²) in [6.45, 7) is 4.02. The molecule has 7 heteroatoms. The molecule has 0 saturated heterocycles. The summed E-state index contributed by atoms with van der Waals surface area (Å²) in [6.07, 6.45) is 0. The van der Waals surface area contributed by atoms with E-state index in [2.05, 4.69) is 57.8 Å². The number of halogens is 3. The zero-order chi connectivity index (χ0) is 13.4. The molecular weight excluding hydrogens is 448 g/mol. The maximum absolute atomic E-state index is 11.9. The van der Waals surface area contributed by atoms with Crippen LogP contribution in [-0.4, -0.2) is 9.97 Å². The molecule has 0 aliphatic heterocycles. The normalized spacial score (nSPS) is 11.2. The third-order valence-corrected chi connectivity index (χ3v) is 6.34. The van der Waals surface area contributed by atoms with Gasteiger partial charge in [-0.05, 0) is 59.8 Å². The number of hydrogen-bond acceptors (Lipinski definition) is 3. The smallest absolute Gasteiger partial charge is 0.265 e. The van der Waals surface area contributed by atoms with Gasteiger partial charge in [-0.15, -0.1) is 11.3 Å². The number of aromatic amines is 1. The fraction of sp³-hybridized carbons (Fsp3) is 0.273. The summed E-state index contributed by atoms with van der Waals surface area (Å²) in [5, 5.41) is 0. The van der Waals surface area contributed by atoms with Crippen molar-refractivity contribution in [2.45, 2.75) is 19.8 Å². The number of hydrogen-bond donors (Lipinski definition) is 1. The molecule has 0 unspecified atom stereocenters. The van der Waals surface area contributed by atoms with Gasteiger partial charge >= 0.3 is 0 Å². The molecule has 0 saturated carbocycles. The Bertz CT molecular complexity index is 629. The van der Waals surface area contributed by atoms with Crippen LogP contribution in [0.15, 0.2) is 23.6 Å². The SMILES string of the molecule is CC(C)c1nc(-c2cc(Br)c(Br)s2)[nH]c(=O)c1Br. The van der Waals surface area contributed by atoms with Crippen LogP contribution in [-0.2, 0) is 0 Å². The number of nitrogens with zero attached hydrogens (tertiary/aromatic N) is 1. The largest absolute Gasteiger partial charge is 0.305 e. The highest BCUT2D eigenvalue weighted by molar-refractivity contribution is 9.13. The van der Waals surface area contributed by atoms with E-state index in [0.717, 1.165) is 18.8 Å². The van der Waals surface area contributed by atoms with E-state index in [1.165, 1.54) is 11.3 Å². The molecule has 2 aromatic heterocycles. The molecule has 96 valence electrons. The lowest BCUT2D eigenvalue weighted by Crippen LogP contribution is -2.14. The minimum Gasteiger partial charge on any atom is -0.305 e. The fourth-order valence-corrected chi connectivity index (χ4v) is 4.06. The van der Waals surface area contributed by atoms with Gasteiger partial charge in [-0.2, -0.15) is 0 Å². The lowest BCUT2D eigenvalue weighted by atomic mass is 10.1. The van der Waals surface area contributed by atoms with Crippen LogP contribution >= 0.6 is 59.1 Å². The first kappa shape index (κ1) is 14.4. The number of aromatic nitrogens is 2. The third kappa shape index (κ3) is 2.79. The van der Waals surface area contributed by atoms with Crippen LogP contribution in [0.2, 0.25) is 0 Å². The summed E-state index contributed by atoms with van der Waals surface area (Å²) < 4.78 is 2.45. The molecule has 2 heterocycles. The van der Waals surface area contributed by atoms with Crippen molar-refractivity contribution < 1.29 is 0 Å². The number of H-pyrrole nitrogens is 1. The fourth-order valence-electron chi connectivity index (χ4n) is 1.44. The lowest BCUT2D eigenvalue weighted by Gasteiger charge is -2.08. The Kier molecular flexibility index (Phi) is 4.46. The van der Waals surface area contributed by atoms with Crippen molar-refractivity contribution in [3.05, 3.63) is 34.8 Å². The Hall–Kier alpha value is 0.0200. The molecule has 3 nitrogen and oxygen atoms in total. The average molecular weight is 457 g/mol. The van der Waals surface area contributed by atoms with Crippen molar-refractivity contribution in [3.8, 4) is 10.7 Å². The van der Waals surface area contributed by atoms with Crippen LogP contribution in [0.3, 0.4) is 0 Å². The molecule has 0 spiro atoms. The first-order valence-corrected chi connectivity index (χ1v) is 8.34. The first-order chi connectivity index (χ1) is 8.40. The quantitative estimate of drug-likeness (QED) is 0.698. The molecule has 0 aliphatic rings. The van der Waals surface area contributed by atoms with Gasteiger partial charge in [-0.3, -0.25) is 4.79 Å². The van der Waals surface area contributed by atoms with Crippen molar-refractivity contribution in [1.29, 1.82) is 0 Å². The van der Waals surface area contributed by atoms with Crippen LogP contribution in [0.5, 0.6) is 0 Å². The third-order valence-electron chi connectivity index (χ3n) is 2.31. The van der Waals surface area contributed by atoms with Gasteiger partial charge in [0.25, 0.3) is 5.56 Å². The van der Waals surface area contributed by atoms with Gasteiger partial charge in [0.2, 0.25) is 0 Å². The maximum atomic E-state index is 11.9. The summed E-state index contributed by atoms with van der Waals surface area (Å²) in [7, 11) is 0. The predicted molar refractivity (Wildman–Crippen MR) is 85.4 cm³/mol. The van der Waals surface area contributed by atoms with Crippen LogP contribution < -0.4 is 5.56 Å². The van der Waals surface area contributed by atoms with Gasteiger partial charge in [0.1, 0.15) is 4.47 Å². The van der Waals surface area contributed by atoms with Gasteiger partial charge in [-0.1, -0.05) is 13.8 Å². The minimum absolute atomic E-state index is 0.149. The van der Waals surface area contributed by atoms with Crippen LogP contribution in [0.4, 0.5) is 0 Å². The Morgan fingerprint density at radius 3 is 2.50 bits per heavy atom. The van der Waals surface area contributed by atoms with E-state index in [9.17, 15) is 4.79 Å². The van der Waals surface area contributed by atoms with Crippen molar-refractivity contribution in [3.63, 3.8) is 0 Å². The molecule has 0 bridgehead atoms. The molecule has 0 amide bonds.